The van der Waals surface area contributed by atoms with Gasteiger partial charge in [-0.1, -0.05) is 0 Å². The van der Waals surface area contributed by atoms with Gasteiger partial charge in [0.15, 0.2) is 0 Å². The molecule has 1 amide bonds. The smallest absolute Gasteiger partial charge is 0.475 e. The molecule has 3 heterocycles. The molecule has 170 valence electrons. The Morgan fingerprint density at radius 3 is 2.61 bits per heavy atom. The van der Waals surface area contributed by atoms with Crippen LogP contribution in [0.4, 0.5) is 13.2 Å². The number of alkyl halides is 3. The van der Waals surface area contributed by atoms with Crippen LogP contribution in [-0.2, 0) is 34.2 Å². The van der Waals surface area contributed by atoms with Gasteiger partial charge in [0.2, 0.25) is 5.91 Å². The number of rotatable bonds is 6. The lowest BCUT2D eigenvalue weighted by Gasteiger charge is -2.36. The summed E-state index contributed by atoms with van der Waals surface area (Å²) in [5.74, 6) is -1.85. The largest absolute Gasteiger partial charge is 0.490 e. The molecule has 7 nitrogen and oxygen atoms in total. The Balaban J connectivity index is 0.000000339. The fourth-order valence-electron chi connectivity index (χ4n) is 3.43. The maximum absolute atomic E-state index is 12.9. The van der Waals surface area contributed by atoms with E-state index in [0.29, 0.717) is 13.0 Å². The van der Waals surface area contributed by atoms with Crippen LogP contribution < -0.4 is 0 Å². The van der Waals surface area contributed by atoms with Crippen molar-refractivity contribution in [2.75, 3.05) is 19.8 Å². The normalized spacial score (nSPS) is 18.2. The third-order valence-electron chi connectivity index (χ3n) is 5.20. The van der Waals surface area contributed by atoms with E-state index in [1.54, 1.807) is 11.3 Å². The standard InChI is InChI=1S/C18H23N3O2S.C2HF3O2/c1-20-18-15(9-19-20)4-6-21(16(18)11-23-10-13-2-3-13)17(22)8-14-5-7-24-12-14;3-2(4,5)1(6)7/h5,7,9,12-13,16H,2-4,6,8,10-11H2,1H3;(H,6,7). The molecule has 1 atom stereocenters. The first-order valence-corrected chi connectivity index (χ1v) is 10.8. The minimum atomic E-state index is -5.08. The molecule has 2 aliphatic rings. The number of aliphatic carboxylic acids is 1. The summed E-state index contributed by atoms with van der Waals surface area (Å²) in [6.07, 6.45) is 0.752. The van der Waals surface area contributed by atoms with Gasteiger partial charge in [-0.3, -0.25) is 9.48 Å². The Hall–Kier alpha value is -2.40. The van der Waals surface area contributed by atoms with Crippen LogP contribution in [0.5, 0.6) is 0 Å². The maximum atomic E-state index is 12.9. The average molecular weight is 459 g/mol. The van der Waals surface area contributed by atoms with Gasteiger partial charge in [-0.25, -0.2) is 4.79 Å². The molecule has 2 aromatic heterocycles. The molecular weight excluding hydrogens is 435 g/mol. The highest BCUT2D eigenvalue weighted by atomic mass is 32.1. The number of carboxylic acid groups (broad SMARTS) is 1. The number of thiophene rings is 1. The highest BCUT2D eigenvalue weighted by molar-refractivity contribution is 7.08. The second-order valence-corrected chi connectivity index (χ2v) is 8.40. The number of fused-ring (bicyclic) bond motifs is 1. The molecule has 1 fully saturated rings. The van der Waals surface area contributed by atoms with Gasteiger partial charge in [-0.2, -0.15) is 29.6 Å². The number of halogens is 3. The van der Waals surface area contributed by atoms with Crippen molar-refractivity contribution in [1.29, 1.82) is 0 Å². The molecule has 0 radical (unpaired) electrons. The zero-order valence-corrected chi connectivity index (χ0v) is 17.8. The van der Waals surface area contributed by atoms with Gasteiger partial charge in [0.05, 0.1) is 31.0 Å². The van der Waals surface area contributed by atoms with Crippen molar-refractivity contribution in [3.8, 4) is 0 Å². The lowest BCUT2D eigenvalue weighted by Crippen LogP contribution is -2.43. The summed E-state index contributed by atoms with van der Waals surface area (Å²) in [7, 11) is 1.96. The number of amides is 1. The second kappa shape index (κ2) is 9.82. The van der Waals surface area contributed by atoms with Crippen molar-refractivity contribution in [2.24, 2.45) is 13.0 Å². The van der Waals surface area contributed by atoms with Gasteiger partial charge < -0.3 is 14.7 Å². The molecular formula is C20H24F3N3O4S. The first kappa shape index (κ1) is 23.3. The third-order valence-corrected chi connectivity index (χ3v) is 5.93. The van der Waals surface area contributed by atoms with E-state index in [-0.39, 0.29) is 11.9 Å². The van der Waals surface area contributed by atoms with Crippen molar-refractivity contribution in [2.45, 2.75) is 37.9 Å². The van der Waals surface area contributed by atoms with Crippen molar-refractivity contribution in [1.82, 2.24) is 14.7 Å². The number of carbonyl (C=O) groups is 2. The zero-order valence-electron chi connectivity index (χ0n) is 17.0. The fraction of sp³-hybridized carbons (Fsp3) is 0.550. The van der Waals surface area contributed by atoms with Crippen LogP contribution >= 0.6 is 11.3 Å². The summed E-state index contributed by atoms with van der Waals surface area (Å²) < 4.78 is 39.6. The van der Waals surface area contributed by atoms with E-state index in [9.17, 15) is 18.0 Å². The van der Waals surface area contributed by atoms with Crippen molar-refractivity contribution >= 4 is 23.2 Å². The second-order valence-electron chi connectivity index (χ2n) is 7.62. The summed E-state index contributed by atoms with van der Waals surface area (Å²) in [6.45, 7) is 2.13. The van der Waals surface area contributed by atoms with Gasteiger partial charge in [0.1, 0.15) is 0 Å². The van der Waals surface area contributed by atoms with Crippen molar-refractivity contribution in [3.05, 3.63) is 39.8 Å². The molecule has 1 unspecified atom stereocenters. The van der Waals surface area contributed by atoms with Crippen LogP contribution in [0.15, 0.2) is 23.0 Å². The Kier molecular flexibility index (Phi) is 7.37. The van der Waals surface area contributed by atoms with Crippen LogP contribution in [0.3, 0.4) is 0 Å². The predicted molar refractivity (Wildman–Crippen MR) is 107 cm³/mol. The van der Waals surface area contributed by atoms with Crippen LogP contribution in [0, 0.1) is 5.92 Å². The molecule has 1 saturated carbocycles. The van der Waals surface area contributed by atoms with E-state index in [4.69, 9.17) is 14.6 Å². The number of carbonyl (C=O) groups excluding carboxylic acids is 1. The first-order valence-electron chi connectivity index (χ1n) is 9.86. The van der Waals surface area contributed by atoms with E-state index in [2.05, 4.69) is 10.5 Å². The molecule has 0 saturated heterocycles. The SMILES string of the molecule is Cn1ncc2c1C(COCC1CC1)N(C(=O)Cc1ccsc1)CC2.O=C(O)C(F)(F)F. The monoisotopic (exact) mass is 459 g/mol. The fourth-order valence-corrected chi connectivity index (χ4v) is 4.10. The molecule has 1 aliphatic carbocycles. The minimum Gasteiger partial charge on any atom is -0.475 e. The molecule has 1 aliphatic heterocycles. The van der Waals surface area contributed by atoms with E-state index in [1.807, 2.05) is 34.3 Å². The van der Waals surface area contributed by atoms with Crippen LogP contribution in [-0.4, -0.2) is 57.6 Å². The molecule has 4 rings (SSSR count). The number of nitrogens with zero attached hydrogens (tertiary/aromatic N) is 3. The van der Waals surface area contributed by atoms with E-state index in [0.717, 1.165) is 36.7 Å². The number of ether oxygens (including phenoxy) is 1. The number of carboxylic acids is 1. The lowest BCUT2D eigenvalue weighted by molar-refractivity contribution is -0.192. The molecule has 0 aromatic carbocycles. The maximum Gasteiger partial charge on any atom is 0.490 e. The molecule has 11 heteroatoms. The number of aryl methyl sites for hydroxylation is 1. The number of hydrogen-bond acceptors (Lipinski definition) is 5. The van der Waals surface area contributed by atoms with Crippen LogP contribution in [0.2, 0.25) is 0 Å². The van der Waals surface area contributed by atoms with Crippen molar-refractivity contribution in [3.63, 3.8) is 0 Å². The summed E-state index contributed by atoms with van der Waals surface area (Å²) >= 11 is 1.64. The minimum absolute atomic E-state index is 0.0221. The third kappa shape index (κ3) is 6.30. The first-order chi connectivity index (χ1) is 14.7. The van der Waals surface area contributed by atoms with Crippen molar-refractivity contribution < 1.29 is 32.6 Å². The zero-order chi connectivity index (χ0) is 22.6. The molecule has 0 spiro atoms. The van der Waals surface area contributed by atoms with E-state index in [1.165, 1.54) is 18.4 Å². The Labute approximate surface area is 181 Å². The van der Waals surface area contributed by atoms with Crippen LogP contribution in [0.25, 0.3) is 0 Å². The van der Waals surface area contributed by atoms with Gasteiger partial charge in [0, 0.05) is 20.2 Å². The molecule has 0 bridgehead atoms. The summed E-state index contributed by atoms with van der Waals surface area (Å²) in [6, 6.07) is 2.01. The molecule has 2 aromatic rings. The van der Waals surface area contributed by atoms with Gasteiger partial charge in [-0.05, 0) is 53.1 Å². The highest BCUT2D eigenvalue weighted by Gasteiger charge is 2.38. The van der Waals surface area contributed by atoms with Gasteiger partial charge in [-0.15, -0.1) is 0 Å². The Morgan fingerprint density at radius 2 is 2.03 bits per heavy atom. The topological polar surface area (TPSA) is 84.7 Å². The van der Waals surface area contributed by atoms with E-state index >= 15 is 0 Å². The summed E-state index contributed by atoms with van der Waals surface area (Å²) in [4.78, 5) is 23.8. The van der Waals surface area contributed by atoms with Gasteiger partial charge >= 0.3 is 12.1 Å². The van der Waals surface area contributed by atoms with E-state index < -0.39 is 12.1 Å². The number of aromatic nitrogens is 2. The predicted octanol–water partition coefficient (Wildman–Crippen LogP) is 3.21. The Morgan fingerprint density at radius 1 is 1.32 bits per heavy atom. The number of hydrogen-bond donors (Lipinski definition) is 1. The highest BCUT2D eigenvalue weighted by Crippen LogP contribution is 2.32. The van der Waals surface area contributed by atoms with Gasteiger partial charge in [0.25, 0.3) is 0 Å². The summed E-state index contributed by atoms with van der Waals surface area (Å²) in [5, 5.41) is 15.6. The lowest BCUT2D eigenvalue weighted by atomic mass is 9.99. The Bertz CT molecular complexity index is 894. The quantitative estimate of drug-likeness (QED) is 0.717. The molecule has 1 N–H and O–H groups in total. The molecule has 31 heavy (non-hydrogen) atoms. The average Bonchev–Trinajstić information content (AvgIpc) is 3.23. The van der Waals surface area contributed by atoms with Crippen LogP contribution in [0.1, 0.15) is 35.7 Å². The summed E-state index contributed by atoms with van der Waals surface area (Å²) in [5.41, 5.74) is 3.48.